The van der Waals surface area contributed by atoms with Crippen molar-refractivity contribution in [2.75, 3.05) is 39.8 Å². The molecule has 1 heterocycles. The first-order valence-corrected chi connectivity index (χ1v) is 7.05. The van der Waals surface area contributed by atoms with E-state index in [1.807, 2.05) is 18.0 Å². The second-order valence-corrected chi connectivity index (χ2v) is 5.14. The molecule has 1 aliphatic heterocycles. The maximum Gasteiger partial charge on any atom is 0.257 e. The van der Waals surface area contributed by atoms with Gasteiger partial charge in [0.15, 0.2) is 0 Å². The summed E-state index contributed by atoms with van der Waals surface area (Å²) < 4.78 is 5.58. The van der Waals surface area contributed by atoms with Gasteiger partial charge in [0.2, 0.25) is 5.91 Å². The minimum absolute atomic E-state index is 0.0846. The molecule has 0 saturated carbocycles. The molecule has 1 atom stereocenters. The van der Waals surface area contributed by atoms with Crippen molar-refractivity contribution in [2.24, 2.45) is 0 Å². The highest BCUT2D eigenvalue weighted by molar-refractivity contribution is 6.05. The number of morpholine rings is 1. The number of amides is 2. The van der Waals surface area contributed by atoms with Crippen LogP contribution in [0.2, 0.25) is 0 Å². The zero-order valence-electron chi connectivity index (χ0n) is 12.2. The zero-order valence-corrected chi connectivity index (χ0v) is 12.2. The van der Waals surface area contributed by atoms with Crippen LogP contribution >= 0.6 is 0 Å². The van der Waals surface area contributed by atoms with Gasteiger partial charge in [0.1, 0.15) is 0 Å². The third kappa shape index (κ3) is 5.26. The first-order valence-electron chi connectivity index (χ1n) is 7.05. The second kappa shape index (κ2) is 7.87. The first kappa shape index (κ1) is 15.6. The molecule has 114 valence electrons. The highest BCUT2D eigenvalue weighted by Gasteiger charge is 2.18. The lowest BCUT2D eigenvalue weighted by molar-refractivity contribution is -0.121. The minimum atomic E-state index is -0.371. The Bertz CT molecular complexity index is 472. The summed E-state index contributed by atoms with van der Waals surface area (Å²) in [6, 6.07) is 8.70. The fraction of sp³-hybridized carbons (Fsp3) is 0.467. The molecule has 1 unspecified atom stereocenters. The number of imide groups is 1. The van der Waals surface area contributed by atoms with Gasteiger partial charge < -0.3 is 10.1 Å². The van der Waals surface area contributed by atoms with E-state index in [2.05, 4.69) is 10.6 Å². The van der Waals surface area contributed by atoms with Crippen molar-refractivity contribution >= 4 is 11.8 Å². The van der Waals surface area contributed by atoms with Crippen LogP contribution < -0.4 is 10.6 Å². The lowest BCUT2D eigenvalue weighted by atomic mass is 10.2. The van der Waals surface area contributed by atoms with Gasteiger partial charge in [0, 0.05) is 25.2 Å². The average Bonchev–Trinajstić information content (AvgIpc) is 2.48. The number of likely N-dealkylation sites (N-methyl/N-ethyl adjacent to an activating group) is 1. The molecule has 1 aromatic carbocycles. The van der Waals surface area contributed by atoms with Crippen molar-refractivity contribution in [2.45, 2.75) is 6.10 Å². The Balaban J connectivity index is 1.74. The van der Waals surface area contributed by atoms with Gasteiger partial charge in [-0.2, -0.15) is 0 Å². The summed E-state index contributed by atoms with van der Waals surface area (Å²) in [5.74, 6) is -0.681. The average molecular weight is 291 g/mol. The molecule has 1 saturated heterocycles. The first-order chi connectivity index (χ1) is 10.1. The Morgan fingerprint density at radius 1 is 1.38 bits per heavy atom. The molecule has 0 spiro atoms. The van der Waals surface area contributed by atoms with Gasteiger partial charge in [0.25, 0.3) is 5.91 Å². The molecule has 1 fully saturated rings. The van der Waals surface area contributed by atoms with Crippen LogP contribution in [0.4, 0.5) is 0 Å². The van der Waals surface area contributed by atoms with Crippen molar-refractivity contribution in [3.8, 4) is 0 Å². The molecular formula is C15H21N3O3. The maximum atomic E-state index is 11.8. The largest absolute Gasteiger partial charge is 0.374 e. The molecule has 0 aliphatic carbocycles. The van der Waals surface area contributed by atoms with Crippen LogP contribution in [0.15, 0.2) is 30.3 Å². The third-order valence-corrected chi connectivity index (χ3v) is 3.22. The second-order valence-electron chi connectivity index (χ2n) is 5.14. The smallest absolute Gasteiger partial charge is 0.257 e. The van der Waals surface area contributed by atoms with Crippen molar-refractivity contribution in [3.63, 3.8) is 0 Å². The van der Waals surface area contributed by atoms with Gasteiger partial charge in [-0.3, -0.25) is 19.8 Å². The summed E-state index contributed by atoms with van der Waals surface area (Å²) in [6.45, 7) is 3.16. The van der Waals surface area contributed by atoms with E-state index in [4.69, 9.17) is 4.74 Å². The van der Waals surface area contributed by atoms with E-state index < -0.39 is 0 Å². The van der Waals surface area contributed by atoms with Gasteiger partial charge in [-0.05, 0) is 19.2 Å². The van der Waals surface area contributed by atoms with E-state index in [-0.39, 0.29) is 24.5 Å². The summed E-state index contributed by atoms with van der Waals surface area (Å²) >= 11 is 0. The molecule has 6 heteroatoms. The third-order valence-electron chi connectivity index (χ3n) is 3.22. The summed E-state index contributed by atoms with van der Waals surface area (Å²) in [5, 5.41) is 5.63. The lowest BCUT2D eigenvalue weighted by Gasteiger charge is -2.27. The highest BCUT2D eigenvalue weighted by Crippen LogP contribution is 2.00. The van der Waals surface area contributed by atoms with Crippen molar-refractivity contribution in [1.82, 2.24) is 15.5 Å². The number of ether oxygens (including phenoxy) is 1. The van der Waals surface area contributed by atoms with E-state index in [9.17, 15) is 9.59 Å². The molecule has 1 aliphatic rings. The molecule has 1 aromatic rings. The molecule has 2 N–H and O–H groups in total. The van der Waals surface area contributed by atoms with Crippen LogP contribution in [0.25, 0.3) is 0 Å². The van der Waals surface area contributed by atoms with Crippen molar-refractivity contribution in [3.05, 3.63) is 35.9 Å². The highest BCUT2D eigenvalue weighted by atomic mass is 16.5. The van der Waals surface area contributed by atoms with Crippen LogP contribution in [-0.2, 0) is 9.53 Å². The van der Waals surface area contributed by atoms with Crippen molar-refractivity contribution in [1.29, 1.82) is 0 Å². The molecule has 2 amide bonds. The maximum absolute atomic E-state index is 11.8. The number of rotatable bonds is 5. The van der Waals surface area contributed by atoms with E-state index >= 15 is 0 Å². The quantitative estimate of drug-likeness (QED) is 0.790. The fourth-order valence-corrected chi connectivity index (χ4v) is 2.22. The van der Waals surface area contributed by atoms with Gasteiger partial charge in [-0.15, -0.1) is 0 Å². The number of hydrogen-bond donors (Lipinski definition) is 2. The number of hydrogen-bond acceptors (Lipinski definition) is 5. The Labute approximate surface area is 124 Å². The van der Waals surface area contributed by atoms with E-state index in [1.165, 1.54) is 0 Å². The minimum Gasteiger partial charge on any atom is -0.374 e. The molecule has 0 bridgehead atoms. The Hall–Kier alpha value is -1.76. The Morgan fingerprint density at radius 3 is 2.81 bits per heavy atom. The predicted molar refractivity (Wildman–Crippen MR) is 79.0 cm³/mol. The standard InChI is InChI=1S/C15H21N3O3/c1-18(10-13-9-16-7-8-21-13)11-14(19)17-15(20)12-5-3-2-4-6-12/h2-6,13,16H,7-11H2,1H3,(H,17,19,20). The van der Waals surface area contributed by atoms with Crippen LogP contribution in [0, 0.1) is 0 Å². The topological polar surface area (TPSA) is 70.7 Å². The Kier molecular flexibility index (Phi) is 5.86. The van der Waals surface area contributed by atoms with Gasteiger partial charge >= 0.3 is 0 Å². The van der Waals surface area contributed by atoms with Crippen LogP contribution in [0.1, 0.15) is 10.4 Å². The fourth-order valence-electron chi connectivity index (χ4n) is 2.22. The van der Waals surface area contributed by atoms with Crippen LogP contribution in [0.5, 0.6) is 0 Å². The van der Waals surface area contributed by atoms with Gasteiger partial charge in [-0.25, -0.2) is 0 Å². The van der Waals surface area contributed by atoms with E-state index in [0.717, 1.165) is 13.1 Å². The number of nitrogens with zero attached hydrogens (tertiary/aromatic N) is 1. The monoisotopic (exact) mass is 291 g/mol. The van der Waals surface area contributed by atoms with E-state index in [1.54, 1.807) is 24.3 Å². The van der Waals surface area contributed by atoms with Crippen molar-refractivity contribution < 1.29 is 14.3 Å². The van der Waals surface area contributed by atoms with Crippen LogP contribution in [-0.4, -0.2) is 62.7 Å². The number of benzene rings is 1. The molecule has 0 radical (unpaired) electrons. The normalized spacial score (nSPS) is 18.5. The lowest BCUT2D eigenvalue weighted by Crippen LogP contribution is -2.46. The number of carbonyl (C=O) groups is 2. The molecule has 0 aromatic heterocycles. The summed E-state index contributed by atoms with van der Waals surface area (Å²) in [4.78, 5) is 25.5. The summed E-state index contributed by atoms with van der Waals surface area (Å²) in [6.07, 6.45) is 0.0846. The number of nitrogens with one attached hydrogen (secondary N) is 2. The summed E-state index contributed by atoms with van der Waals surface area (Å²) in [5.41, 5.74) is 0.480. The molecule has 2 rings (SSSR count). The molecular weight excluding hydrogens is 270 g/mol. The predicted octanol–water partition coefficient (Wildman–Crippen LogP) is -0.137. The zero-order chi connectivity index (χ0) is 15.1. The SMILES string of the molecule is CN(CC(=O)NC(=O)c1ccccc1)CC1CNCCO1. The van der Waals surface area contributed by atoms with Gasteiger partial charge in [-0.1, -0.05) is 18.2 Å². The molecule has 6 nitrogen and oxygen atoms in total. The van der Waals surface area contributed by atoms with Crippen LogP contribution in [0.3, 0.4) is 0 Å². The summed E-state index contributed by atoms with van der Waals surface area (Å²) in [7, 11) is 1.84. The number of carbonyl (C=O) groups excluding carboxylic acids is 2. The van der Waals surface area contributed by atoms with E-state index in [0.29, 0.717) is 18.7 Å². The Morgan fingerprint density at radius 2 is 2.14 bits per heavy atom. The molecule has 21 heavy (non-hydrogen) atoms. The van der Waals surface area contributed by atoms with Gasteiger partial charge in [0.05, 0.1) is 19.3 Å².